The van der Waals surface area contributed by atoms with E-state index in [-0.39, 0.29) is 30.8 Å². The first kappa shape index (κ1) is 19.2. The summed E-state index contributed by atoms with van der Waals surface area (Å²) in [6.45, 7) is 3.61. The van der Waals surface area contributed by atoms with Crippen LogP contribution < -0.4 is 10.1 Å². The SMILES string of the molecule is C=C1c2ccccc2C(=O)N1CC(=O)N(C)CC(=O)Nc1ccc(OC)cc1. The van der Waals surface area contributed by atoms with Crippen LogP contribution in [0.5, 0.6) is 5.75 Å². The van der Waals surface area contributed by atoms with Gasteiger partial charge < -0.3 is 15.0 Å². The number of hydrogen-bond acceptors (Lipinski definition) is 4. The Hall–Kier alpha value is -3.61. The first-order valence-electron chi connectivity index (χ1n) is 8.68. The van der Waals surface area contributed by atoms with Crippen LogP contribution in [0, 0.1) is 0 Å². The van der Waals surface area contributed by atoms with Gasteiger partial charge in [0.25, 0.3) is 5.91 Å². The molecule has 2 aromatic rings. The second-order valence-electron chi connectivity index (χ2n) is 6.41. The maximum atomic E-state index is 12.5. The average Bonchev–Trinajstić information content (AvgIpc) is 2.93. The quantitative estimate of drug-likeness (QED) is 0.835. The van der Waals surface area contributed by atoms with E-state index in [0.29, 0.717) is 22.7 Å². The number of benzene rings is 2. The second-order valence-corrected chi connectivity index (χ2v) is 6.41. The molecule has 0 saturated carbocycles. The number of fused-ring (bicyclic) bond motifs is 1. The smallest absolute Gasteiger partial charge is 0.259 e. The summed E-state index contributed by atoms with van der Waals surface area (Å²) >= 11 is 0. The molecule has 3 amide bonds. The zero-order valence-electron chi connectivity index (χ0n) is 15.8. The van der Waals surface area contributed by atoms with Crippen molar-refractivity contribution in [3.63, 3.8) is 0 Å². The monoisotopic (exact) mass is 379 g/mol. The van der Waals surface area contributed by atoms with Gasteiger partial charge in [0.1, 0.15) is 12.3 Å². The molecule has 0 spiro atoms. The fourth-order valence-electron chi connectivity index (χ4n) is 2.94. The molecule has 1 N–H and O–H groups in total. The number of carbonyl (C=O) groups is 3. The number of methoxy groups -OCH3 is 1. The molecule has 7 nitrogen and oxygen atoms in total. The van der Waals surface area contributed by atoms with Gasteiger partial charge >= 0.3 is 0 Å². The molecule has 0 saturated heterocycles. The Labute approximate surface area is 163 Å². The lowest BCUT2D eigenvalue weighted by Crippen LogP contribution is -2.41. The number of likely N-dealkylation sites (N-methyl/N-ethyl adjacent to an activating group) is 1. The highest BCUT2D eigenvalue weighted by atomic mass is 16.5. The molecule has 0 unspecified atom stereocenters. The van der Waals surface area contributed by atoms with Gasteiger partial charge in [0, 0.05) is 29.6 Å². The lowest BCUT2D eigenvalue weighted by atomic mass is 10.1. The van der Waals surface area contributed by atoms with Crippen molar-refractivity contribution in [3.8, 4) is 5.75 Å². The third-order valence-electron chi connectivity index (χ3n) is 4.51. The minimum absolute atomic E-state index is 0.133. The number of nitrogens with one attached hydrogen (secondary N) is 1. The van der Waals surface area contributed by atoms with Gasteiger partial charge in [-0.15, -0.1) is 0 Å². The van der Waals surface area contributed by atoms with Crippen molar-refractivity contribution in [2.45, 2.75) is 0 Å². The van der Waals surface area contributed by atoms with Gasteiger partial charge in [0.05, 0.1) is 13.7 Å². The van der Waals surface area contributed by atoms with Crippen LogP contribution in [0.4, 0.5) is 5.69 Å². The van der Waals surface area contributed by atoms with E-state index in [4.69, 9.17) is 4.74 Å². The van der Waals surface area contributed by atoms with Crippen molar-refractivity contribution in [3.05, 3.63) is 66.2 Å². The van der Waals surface area contributed by atoms with Crippen LogP contribution >= 0.6 is 0 Å². The highest BCUT2D eigenvalue weighted by Gasteiger charge is 2.32. The van der Waals surface area contributed by atoms with Crippen molar-refractivity contribution in [1.82, 2.24) is 9.80 Å². The van der Waals surface area contributed by atoms with Crippen molar-refractivity contribution >= 4 is 29.1 Å². The summed E-state index contributed by atoms with van der Waals surface area (Å²) in [7, 11) is 3.08. The summed E-state index contributed by atoms with van der Waals surface area (Å²) in [4.78, 5) is 39.8. The third-order valence-corrected chi connectivity index (χ3v) is 4.51. The molecule has 2 aromatic carbocycles. The maximum Gasteiger partial charge on any atom is 0.259 e. The second kappa shape index (κ2) is 7.96. The van der Waals surface area contributed by atoms with Crippen molar-refractivity contribution in [2.24, 2.45) is 0 Å². The van der Waals surface area contributed by atoms with Crippen LogP contribution in [0.2, 0.25) is 0 Å². The Morgan fingerprint density at radius 1 is 1.11 bits per heavy atom. The number of amides is 3. The summed E-state index contributed by atoms with van der Waals surface area (Å²) in [6.07, 6.45) is 0. The standard InChI is InChI=1S/C21H21N3O4/c1-14-17-6-4-5-7-18(17)21(27)24(14)13-20(26)23(2)12-19(25)22-15-8-10-16(28-3)11-9-15/h4-11H,1,12-13H2,2-3H3,(H,22,25). The minimum Gasteiger partial charge on any atom is -0.497 e. The van der Waals surface area contributed by atoms with Gasteiger partial charge in [-0.3, -0.25) is 19.3 Å². The Morgan fingerprint density at radius 3 is 2.36 bits per heavy atom. The van der Waals surface area contributed by atoms with Gasteiger partial charge in [-0.1, -0.05) is 24.8 Å². The Bertz CT molecular complexity index is 902. The molecule has 1 aliphatic heterocycles. The van der Waals surface area contributed by atoms with Crippen LogP contribution in [0.3, 0.4) is 0 Å². The van der Waals surface area contributed by atoms with Crippen LogP contribution in [0.1, 0.15) is 15.9 Å². The topological polar surface area (TPSA) is 79.0 Å². The molecule has 1 heterocycles. The Kier molecular flexibility index (Phi) is 5.44. The maximum absolute atomic E-state index is 12.5. The predicted octanol–water partition coefficient (Wildman–Crippen LogP) is 2.22. The molecular formula is C21H21N3O4. The van der Waals surface area contributed by atoms with E-state index in [9.17, 15) is 14.4 Å². The van der Waals surface area contributed by atoms with E-state index < -0.39 is 0 Å². The molecule has 0 fully saturated rings. The molecule has 1 aliphatic rings. The van der Waals surface area contributed by atoms with Crippen LogP contribution in [0.15, 0.2) is 55.1 Å². The molecule has 7 heteroatoms. The lowest BCUT2D eigenvalue weighted by Gasteiger charge is -2.22. The molecule has 0 atom stereocenters. The third kappa shape index (κ3) is 3.88. The zero-order valence-corrected chi connectivity index (χ0v) is 15.8. The number of anilines is 1. The molecule has 0 bridgehead atoms. The average molecular weight is 379 g/mol. The molecule has 3 rings (SSSR count). The number of rotatable bonds is 6. The highest BCUT2D eigenvalue weighted by Crippen LogP contribution is 2.30. The number of nitrogens with zero attached hydrogens (tertiary/aromatic N) is 2. The summed E-state index contributed by atoms with van der Waals surface area (Å²) in [5.74, 6) is -0.269. The van der Waals surface area contributed by atoms with Crippen LogP contribution in [-0.2, 0) is 9.59 Å². The van der Waals surface area contributed by atoms with E-state index in [1.165, 1.54) is 16.8 Å². The highest BCUT2D eigenvalue weighted by molar-refractivity contribution is 6.10. The van der Waals surface area contributed by atoms with Gasteiger partial charge in [0.15, 0.2) is 0 Å². The molecule has 0 aromatic heterocycles. The first-order valence-corrected chi connectivity index (χ1v) is 8.68. The van der Waals surface area contributed by atoms with Crippen molar-refractivity contribution < 1.29 is 19.1 Å². The molecule has 28 heavy (non-hydrogen) atoms. The molecule has 0 radical (unpaired) electrons. The Morgan fingerprint density at radius 2 is 1.75 bits per heavy atom. The van der Waals surface area contributed by atoms with E-state index >= 15 is 0 Å². The lowest BCUT2D eigenvalue weighted by molar-refractivity contribution is -0.133. The van der Waals surface area contributed by atoms with Gasteiger partial charge in [-0.05, 0) is 30.3 Å². The van der Waals surface area contributed by atoms with Gasteiger partial charge in [-0.2, -0.15) is 0 Å². The normalized spacial score (nSPS) is 12.6. The number of carbonyl (C=O) groups excluding carboxylic acids is 3. The van der Waals surface area contributed by atoms with E-state index in [2.05, 4.69) is 11.9 Å². The van der Waals surface area contributed by atoms with E-state index in [1.54, 1.807) is 49.6 Å². The van der Waals surface area contributed by atoms with E-state index in [0.717, 1.165) is 5.56 Å². The fourth-order valence-corrected chi connectivity index (χ4v) is 2.94. The first-order chi connectivity index (χ1) is 13.4. The molecule has 144 valence electrons. The summed E-state index contributed by atoms with van der Waals surface area (Å²) in [5, 5.41) is 2.72. The summed E-state index contributed by atoms with van der Waals surface area (Å²) < 4.78 is 5.07. The molecular weight excluding hydrogens is 358 g/mol. The number of hydrogen-bond donors (Lipinski definition) is 1. The largest absolute Gasteiger partial charge is 0.497 e. The van der Waals surface area contributed by atoms with Crippen molar-refractivity contribution in [1.29, 1.82) is 0 Å². The Balaban J connectivity index is 1.56. The summed E-state index contributed by atoms with van der Waals surface area (Å²) in [6, 6.07) is 14.0. The minimum atomic E-state index is -0.354. The van der Waals surface area contributed by atoms with Crippen LogP contribution in [0.25, 0.3) is 5.70 Å². The zero-order chi connectivity index (χ0) is 20.3. The number of ether oxygens (including phenoxy) is 1. The predicted molar refractivity (Wildman–Crippen MR) is 106 cm³/mol. The van der Waals surface area contributed by atoms with Gasteiger partial charge in [-0.25, -0.2) is 0 Å². The van der Waals surface area contributed by atoms with Crippen LogP contribution in [-0.4, -0.2) is 54.8 Å². The van der Waals surface area contributed by atoms with Crippen molar-refractivity contribution in [2.75, 3.05) is 32.6 Å². The fraction of sp³-hybridized carbons (Fsp3) is 0.190. The van der Waals surface area contributed by atoms with E-state index in [1.807, 2.05) is 6.07 Å². The summed E-state index contributed by atoms with van der Waals surface area (Å²) in [5.41, 5.74) is 2.34. The van der Waals surface area contributed by atoms with Gasteiger partial charge in [0.2, 0.25) is 11.8 Å². The molecule has 0 aliphatic carbocycles.